The largest absolute Gasteiger partial charge is 0.497 e. The zero-order chi connectivity index (χ0) is 28.8. The number of rotatable bonds is 8. The van der Waals surface area contributed by atoms with Crippen molar-refractivity contribution in [2.24, 2.45) is 0 Å². The third-order valence-electron chi connectivity index (χ3n) is 4.98. The summed E-state index contributed by atoms with van der Waals surface area (Å²) in [5.41, 5.74) is -1.10. The van der Waals surface area contributed by atoms with Gasteiger partial charge in [0.15, 0.2) is 11.4 Å². The minimum atomic E-state index is -5.08. The molecule has 2 N–H and O–H groups in total. The van der Waals surface area contributed by atoms with Gasteiger partial charge in [0.25, 0.3) is 0 Å². The van der Waals surface area contributed by atoms with Gasteiger partial charge < -0.3 is 14.6 Å². The molecule has 38 heavy (non-hydrogen) atoms. The molecule has 208 valence electrons. The summed E-state index contributed by atoms with van der Waals surface area (Å²) < 4.78 is 84.0. The Labute approximate surface area is 210 Å². The van der Waals surface area contributed by atoms with Gasteiger partial charge in [-0.1, -0.05) is 13.8 Å². The first-order valence-electron chi connectivity index (χ1n) is 10.9. The molecule has 0 aliphatic heterocycles. The van der Waals surface area contributed by atoms with Crippen LogP contribution in [-0.4, -0.2) is 55.6 Å². The summed E-state index contributed by atoms with van der Waals surface area (Å²) in [6, 6.07) is 6.00. The molecule has 0 fully saturated rings. The molecule has 1 aromatic carbocycles. The minimum Gasteiger partial charge on any atom is -0.497 e. The predicted molar refractivity (Wildman–Crippen MR) is 118 cm³/mol. The second-order valence-corrected chi connectivity index (χ2v) is 7.65. The van der Waals surface area contributed by atoms with E-state index in [0.717, 1.165) is 29.7 Å². The van der Waals surface area contributed by atoms with E-state index < -0.39 is 36.2 Å². The number of hydrogen-bond donors (Lipinski definition) is 2. The molecule has 0 bridgehead atoms. The molecule has 0 aliphatic rings. The van der Waals surface area contributed by atoms with Crippen molar-refractivity contribution in [1.29, 1.82) is 5.41 Å². The molecule has 10 nitrogen and oxygen atoms in total. The van der Waals surface area contributed by atoms with Crippen LogP contribution in [0.2, 0.25) is 0 Å². The summed E-state index contributed by atoms with van der Waals surface area (Å²) in [5, 5.41) is 23.8. The number of hydrogen-bond acceptors (Lipinski definition) is 7. The van der Waals surface area contributed by atoms with Crippen molar-refractivity contribution in [3.05, 3.63) is 47.1 Å². The fourth-order valence-corrected chi connectivity index (χ4v) is 2.98. The molecule has 0 spiro atoms. The molecular weight excluding hydrogens is 528 g/mol. The number of carbonyl (C=O) groups excluding carboxylic acids is 1. The van der Waals surface area contributed by atoms with Crippen LogP contribution in [0.3, 0.4) is 0 Å². The number of aliphatic carboxylic acids is 1. The van der Waals surface area contributed by atoms with Gasteiger partial charge in [0.2, 0.25) is 11.5 Å². The molecule has 2 aromatic heterocycles. The lowest BCUT2D eigenvalue weighted by molar-refractivity contribution is -0.192. The van der Waals surface area contributed by atoms with Gasteiger partial charge >= 0.3 is 18.3 Å². The molecule has 3 aromatic rings. The van der Waals surface area contributed by atoms with Crippen molar-refractivity contribution in [1.82, 2.24) is 19.4 Å². The number of ether oxygens (including phenoxy) is 2. The third kappa shape index (κ3) is 7.69. The number of carboxylic acids is 1. The van der Waals surface area contributed by atoms with Crippen molar-refractivity contribution in [2.45, 2.75) is 51.7 Å². The normalized spacial score (nSPS) is 11.7. The summed E-state index contributed by atoms with van der Waals surface area (Å²) in [6.07, 6.45) is -8.14. The van der Waals surface area contributed by atoms with Gasteiger partial charge in [-0.3, -0.25) is 10.2 Å². The Morgan fingerprint density at radius 1 is 1.05 bits per heavy atom. The van der Waals surface area contributed by atoms with Crippen LogP contribution >= 0.6 is 0 Å². The van der Waals surface area contributed by atoms with Crippen LogP contribution in [0.5, 0.6) is 11.6 Å². The zero-order valence-corrected chi connectivity index (χ0v) is 20.2. The number of nitrogens with one attached hydrogen (secondary N) is 1. The van der Waals surface area contributed by atoms with E-state index in [4.69, 9.17) is 24.8 Å². The van der Waals surface area contributed by atoms with Crippen molar-refractivity contribution >= 4 is 17.4 Å². The number of nitrogens with zero attached hydrogens (tertiary/aromatic N) is 4. The molecule has 0 amide bonds. The quantitative estimate of drug-likeness (QED) is 0.318. The van der Waals surface area contributed by atoms with Gasteiger partial charge in [0, 0.05) is 11.6 Å². The maximum atomic E-state index is 13.1. The van der Waals surface area contributed by atoms with Crippen LogP contribution in [-0.2, 0) is 17.5 Å². The van der Waals surface area contributed by atoms with Crippen LogP contribution in [0.1, 0.15) is 42.6 Å². The topological polar surface area (TPSA) is 132 Å². The van der Waals surface area contributed by atoms with E-state index in [0.29, 0.717) is 11.5 Å². The maximum Gasteiger partial charge on any atom is 0.490 e. The molecule has 0 saturated heterocycles. The van der Waals surface area contributed by atoms with E-state index in [1.54, 1.807) is 12.1 Å². The standard InChI is InChI=1S/C20H22F3N5O3.C2HF3O2/c1-4-14(5-2)31-18-7-6-17-25-27(19(24)28(17)26-18)11-16(29)12-8-13(20(21,22)23)10-15(9-12)30-3;3-2(4,5)1(6)7/h6-10,14,24H,4-5,11H2,1-3H3;(H,6,7). The highest BCUT2D eigenvalue weighted by atomic mass is 19.4. The number of carbonyl (C=O) groups is 2. The average molecular weight is 551 g/mol. The number of fused-ring (bicyclic) bond motifs is 1. The van der Waals surface area contributed by atoms with Gasteiger partial charge in [0.1, 0.15) is 12.3 Å². The van der Waals surface area contributed by atoms with Gasteiger partial charge in [-0.2, -0.15) is 30.9 Å². The first-order chi connectivity index (χ1) is 17.6. The molecule has 0 atom stereocenters. The number of methoxy groups -OCH3 is 1. The molecule has 2 heterocycles. The van der Waals surface area contributed by atoms with Gasteiger partial charge in [-0.15, -0.1) is 10.2 Å². The third-order valence-corrected chi connectivity index (χ3v) is 4.98. The first-order valence-corrected chi connectivity index (χ1v) is 10.9. The van der Waals surface area contributed by atoms with Crippen molar-refractivity contribution < 1.29 is 50.5 Å². The second-order valence-electron chi connectivity index (χ2n) is 7.65. The Balaban J connectivity index is 0.000000638. The minimum absolute atomic E-state index is 0.0211. The summed E-state index contributed by atoms with van der Waals surface area (Å²) in [7, 11) is 1.22. The van der Waals surface area contributed by atoms with Crippen molar-refractivity contribution in [3.8, 4) is 11.6 Å². The van der Waals surface area contributed by atoms with Gasteiger partial charge in [-0.05, 0) is 37.1 Å². The molecule has 0 radical (unpaired) electrons. The highest BCUT2D eigenvalue weighted by molar-refractivity contribution is 5.96. The predicted octanol–water partition coefficient (Wildman–Crippen LogP) is 4.12. The highest BCUT2D eigenvalue weighted by Crippen LogP contribution is 2.32. The monoisotopic (exact) mass is 551 g/mol. The molecule has 0 saturated carbocycles. The molecular formula is C22H23F6N5O5. The number of alkyl halides is 6. The lowest BCUT2D eigenvalue weighted by Gasteiger charge is -2.14. The van der Waals surface area contributed by atoms with E-state index in [9.17, 15) is 31.1 Å². The van der Waals surface area contributed by atoms with Gasteiger partial charge in [0.05, 0.1) is 18.8 Å². The van der Waals surface area contributed by atoms with E-state index >= 15 is 0 Å². The van der Waals surface area contributed by atoms with Crippen molar-refractivity contribution in [2.75, 3.05) is 7.11 Å². The summed E-state index contributed by atoms with van der Waals surface area (Å²) >= 11 is 0. The van der Waals surface area contributed by atoms with E-state index in [1.807, 2.05) is 13.8 Å². The zero-order valence-electron chi connectivity index (χ0n) is 20.2. The summed E-state index contributed by atoms with van der Waals surface area (Å²) in [5.74, 6) is -3.19. The molecule has 3 rings (SSSR count). The van der Waals surface area contributed by atoms with Crippen LogP contribution in [0.4, 0.5) is 26.3 Å². The highest BCUT2D eigenvalue weighted by Gasteiger charge is 2.38. The lowest BCUT2D eigenvalue weighted by Crippen LogP contribution is -2.26. The fourth-order valence-electron chi connectivity index (χ4n) is 2.98. The Kier molecular flexibility index (Phi) is 9.48. The van der Waals surface area contributed by atoms with Crippen LogP contribution in [0, 0.1) is 5.41 Å². The fraction of sp³-hybridized carbons (Fsp3) is 0.409. The number of ketones is 1. The number of benzene rings is 1. The lowest BCUT2D eigenvalue weighted by atomic mass is 10.1. The van der Waals surface area contributed by atoms with E-state index in [1.165, 1.54) is 17.7 Å². The number of carboxylic acid groups (broad SMARTS) is 1. The number of Topliss-reactive ketones (excluding diaryl/α,β-unsaturated/α-hetero) is 1. The SMILES string of the molecule is CCC(CC)Oc1ccc2nn(CC(=O)c3cc(OC)cc(C(F)(F)F)c3)c(=N)n2n1.O=C(O)C(F)(F)F. The average Bonchev–Trinajstić information content (AvgIpc) is 3.15. The number of halogens is 6. The van der Waals surface area contributed by atoms with E-state index in [2.05, 4.69) is 10.2 Å². The van der Waals surface area contributed by atoms with Crippen LogP contribution in [0.15, 0.2) is 30.3 Å². The maximum absolute atomic E-state index is 13.1. The van der Waals surface area contributed by atoms with E-state index in [-0.39, 0.29) is 23.0 Å². The Bertz CT molecular complexity index is 1350. The van der Waals surface area contributed by atoms with Crippen LogP contribution < -0.4 is 15.1 Å². The Morgan fingerprint density at radius 3 is 2.16 bits per heavy atom. The van der Waals surface area contributed by atoms with Crippen LogP contribution in [0.25, 0.3) is 5.65 Å². The Morgan fingerprint density at radius 2 is 1.66 bits per heavy atom. The van der Waals surface area contributed by atoms with Gasteiger partial charge in [-0.25, -0.2) is 9.48 Å². The molecule has 16 heteroatoms. The smallest absolute Gasteiger partial charge is 0.490 e. The summed E-state index contributed by atoms with van der Waals surface area (Å²) in [6.45, 7) is 3.54. The Hall–Kier alpha value is -4.11. The second kappa shape index (κ2) is 12.0. The summed E-state index contributed by atoms with van der Waals surface area (Å²) in [4.78, 5) is 21.6. The number of aromatic nitrogens is 4. The molecule has 0 aliphatic carbocycles. The van der Waals surface area contributed by atoms with Crippen molar-refractivity contribution in [3.63, 3.8) is 0 Å². The first kappa shape index (κ1) is 30.1. The molecule has 0 unspecified atom stereocenters.